The molecule has 1 amide bonds. The third kappa shape index (κ3) is 4.40. The fraction of sp³-hybridized carbons (Fsp3) is 0.200. The number of nitrogens with two attached hydrogens (primary N) is 1. The summed E-state index contributed by atoms with van der Waals surface area (Å²) in [6.45, 7) is 3.20. The number of ether oxygens (including phenoxy) is 1. The Hall–Kier alpha value is -2.23. The molecule has 128 valence electrons. The molecule has 7 nitrogen and oxygen atoms in total. The predicted molar refractivity (Wildman–Crippen MR) is 90.4 cm³/mol. The summed E-state index contributed by atoms with van der Waals surface area (Å²) in [5.74, 6) is -1.16. The number of aryl methyl sites for hydroxylation is 1. The first-order valence-electron chi connectivity index (χ1n) is 6.87. The average molecular weight is 368 g/mol. The number of sulfonamides is 1. The quantitative estimate of drug-likeness (QED) is 0.782. The van der Waals surface area contributed by atoms with Crippen LogP contribution in [0.15, 0.2) is 40.6 Å². The fourth-order valence-electron chi connectivity index (χ4n) is 1.84. The van der Waals surface area contributed by atoms with Gasteiger partial charge in [0.25, 0.3) is 5.91 Å². The SMILES string of the molecule is Cc1ccsc1C(=O)O[C@H](C)C(=O)Nc1cccc(S(N)(=O)=O)c1. The maximum Gasteiger partial charge on any atom is 0.349 e. The first-order valence-corrected chi connectivity index (χ1v) is 9.30. The third-order valence-corrected chi connectivity index (χ3v) is 5.04. The van der Waals surface area contributed by atoms with Crippen molar-refractivity contribution in [2.24, 2.45) is 5.14 Å². The number of rotatable bonds is 5. The lowest BCUT2D eigenvalue weighted by Gasteiger charge is -2.13. The largest absolute Gasteiger partial charge is 0.448 e. The predicted octanol–water partition coefficient (Wildman–Crippen LogP) is 1.89. The number of hydrogen-bond donors (Lipinski definition) is 2. The second-order valence-electron chi connectivity index (χ2n) is 5.04. The van der Waals surface area contributed by atoms with Crippen LogP contribution in [0.2, 0.25) is 0 Å². The number of carbonyl (C=O) groups excluding carboxylic acids is 2. The minimum absolute atomic E-state index is 0.126. The van der Waals surface area contributed by atoms with Gasteiger partial charge in [0.1, 0.15) is 4.88 Å². The molecule has 0 saturated carbocycles. The standard InChI is InChI=1S/C15H16N2O5S2/c1-9-6-7-23-13(9)15(19)22-10(2)14(18)17-11-4-3-5-12(8-11)24(16,20)21/h3-8,10H,1-2H3,(H,17,18)(H2,16,20,21)/t10-/m1/s1. The van der Waals surface area contributed by atoms with Gasteiger partial charge in [0.2, 0.25) is 10.0 Å². The second-order valence-corrected chi connectivity index (χ2v) is 7.52. The number of primary sulfonamides is 1. The van der Waals surface area contributed by atoms with E-state index in [0.29, 0.717) is 4.88 Å². The van der Waals surface area contributed by atoms with E-state index in [1.807, 2.05) is 0 Å². The highest BCUT2D eigenvalue weighted by Crippen LogP contribution is 2.18. The highest BCUT2D eigenvalue weighted by molar-refractivity contribution is 7.89. The van der Waals surface area contributed by atoms with E-state index in [2.05, 4.69) is 5.32 Å². The molecule has 2 rings (SSSR count). The van der Waals surface area contributed by atoms with Crippen molar-refractivity contribution in [2.45, 2.75) is 24.8 Å². The van der Waals surface area contributed by atoms with E-state index in [4.69, 9.17) is 9.88 Å². The maximum absolute atomic E-state index is 12.1. The van der Waals surface area contributed by atoms with E-state index in [1.165, 1.54) is 42.5 Å². The lowest BCUT2D eigenvalue weighted by molar-refractivity contribution is -0.123. The van der Waals surface area contributed by atoms with Crippen molar-refractivity contribution in [3.05, 3.63) is 46.2 Å². The molecule has 2 aromatic rings. The van der Waals surface area contributed by atoms with E-state index in [9.17, 15) is 18.0 Å². The zero-order valence-corrected chi connectivity index (χ0v) is 14.6. The summed E-state index contributed by atoms with van der Waals surface area (Å²) < 4.78 is 27.7. The van der Waals surface area contributed by atoms with Crippen LogP contribution in [0.1, 0.15) is 22.2 Å². The molecule has 0 unspecified atom stereocenters. The van der Waals surface area contributed by atoms with Crippen LogP contribution in [0.25, 0.3) is 0 Å². The Morgan fingerprint density at radius 1 is 1.29 bits per heavy atom. The van der Waals surface area contributed by atoms with Gasteiger partial charge < -0.3 is 10.1 Å². The van der Waals surface area contributed by atoms with Crippen molar-refractivity contribution in [2.75, 3.05) is 5.32 Å². The van der Waals surface area contributed by atoms with Crippen LogP contribution in [0.5, 0.6) is 0 Å². The molecular formula is C15H16N2O5S2. The zero-order chi connectivity index (χ0) is 17.9. The minimum Gasteiger partial charge on any atom is -0.448 e. The molecule has 1 atom stereocenters. The summed E-state index contributed by atoms with van der Waals surface area (Å²) in [5.41, 5.74) is 1.01. The number of nitrogens with one attached hydrogen (secondary N) is 1. The lowest BCUT2D eigenvalue weighted by atomic mass is 10.3. The molecule has 0 fully saturated rings. The Bertz CT molecular complexity index is 873. The molecule has 0 aliphatic rings. The minimum atomic E-state index is -3.87. The summed E-state index contributed by atoms with van der Waals surface area (Å²) in [7, 11) is -3.87. The molecule has 3 N–H and O–H groups in total. The van der Waals surface area contributed by atoms with Crippen LogP contribution < -0.4 is 10.5 Å². The molecule has 1 aromatic carbocycles. The molecule has 0 saturated heterocycles. The monoisotopic (exact) mass is 368 g/mol. The van der Waals surface area contributed by atoms with Crippen molar-refractivity contribution in [3.8, 4) is 0 Å². The molecular weight excluding hydrogens is 352 g/mol. The molecule has 0 aliphatic heterocycles. The third-order valence-electron chi connectivity index (χ3n) is 3.13. The zero-order valence-electron chi connectivity index (χ0n) is 13.0. The topological polar surface area (TPSA) is 116 Å². The smallest absolute Gasteiger partial charge is 0.349 e. The van der Waals surface area contributed by atoms with Crippen molar-refractivity contribution >= 4 is 38.9 Å². The summed E-state index contributed by atoms with van der Waals surface area (Å²) in [4.78, 5) is 24.4. The molecule has 0 bridgehead atoms. The molecule has 9 heteroatoms. The van der Waals surface area contributed by atoms with E-state index >= 15 is 0 Å². The maximum atomic E-state index is 12.1. The van der Waals surface area contributed by atoms with Crippen molar-refractivity contribution < 1.29 is 22.7 Å². The van der Waals surface area contributed by atoms with Gasteiger partial charge in [-0.1, -0.05) is 6.07 Å². The van der Waals surface area contributed by atoms with E-state index in [-0.39, 0.29) is 10.6 Å². The summed E-state index contributed by atoms with van der Waals surface area (Å²) >= 11 is 1.23. The number of amides is 1. The van der Waals surface area contributed by atoms with E-state index < -0.39 is 28.0 Å². The van der Waals surface area contributed by atoms with Crippen LogP contribution in [0, 0.1) is 6.92 Å². The Morgan fingerprint density at radius 3 is 2.58 bits per heavy atom. The average Bonchev–Trinajstić information content (AvgIpc) is 2.92. The van der Waals surface area contributed by atoms with E-state index in [0.717, 1.165) is 5.56 Å². The van der Waals surface area contributed by atoms with Gasteiger partial charge in [-0.05, 0) is 49.1 Å². The number of benzene rings is 1. The normalized spacial score (nSPS) is 12.5. The molecule has 24 heavy (non-hydrogen) atoms. The van der Waals surface area contributed by atoms with Gasteiger partial charge in [0.05, 0.1) is 4.90 Å². The summed E-state index contributed by atoms with van der Waals surface area (Å²) in [5, 5.41) is 9.29. The number of esters is 1. The Kier molecular flexibility index (Phi) is 5.37. The molecule has 0 spiro atoms. The van der Waals surface area contributed by atoms with Gasteiger partial charge in [-0.25, -0.2) is 18.4 Å². The van der Waals surface area contributed by atoms with Crippen molar-refractivity contribution in [3.63, 3.8) is 0 Å². The highest BCUT2D eigenvalue weighted by Gasteiger charge is 2.21. The number of anilines is 1. The van der Waals surface area contributed by atoms with E-state index in [1.54, 1.807) is 18.4 Å². The van der Waals surface area contributed by atoms with Gasteiger partial charge in [-0.2, -0.15) is 0 Å². The van der Waals surface area contributed by atoms with Gasteiger partial charge in [-0.15, -0.1) is 11.3 Å². The first kappa shape index (κ1) is 18.1. The molecule has 1 aromatic heterocycles. The van der Waals surface area contributed by atoms with Crippen LogP contribution in [-0.2, 0) is 19.6 Å². The second kappa shape index (κ2) is 7.12. The first-order chi connectivity index (χ1) is 11.2. The fourth-order valence-corrected chi connectivity index (χ4v) is 3.21. The molecule has 0 aliphatic carbocycles. The lowest BCUT2D eigenvalue weighted by Crippen LogP contribution is -2.30. The highest BCUT2D eigenvalue weighted by atomic mass is 32.2. The van der Waals surface area contributed by atoms with Gasteiger partial charge in [-0.3, -0.25) is 4.79 Å². The van der Waals surface area contributed by atoms with Crippen LogP contribution in [0.3, 0.4) is 0 Å². The summed E-state index contributed by atoms with van der Waals surface area (Å²) in [6.07, 6.45) is -1.04. The Morgan fingerprint density at radius 2 is 2.00 bits per heavy atom. The van der Waals surface area contributed by atoms with Gasteiger partial charge >= 0.3 is 5.97 Å². The molecule has 1 heterocycles. The van der Waals surface area contributed by atoms with Gasteiger partial charge in [0.15, 0.2) is 6.10 Å². The van der Waals surface area contributed by atoms with Crippen molar-refractivity contribution in [1.82, 2.24) is 0 Å². The number of hydrogen-bond acceptors (Lipinski definition) is 6. The van der Waals surface area contributed by atoms with Gasteiger partial charge in [0, 0.05) is 5.69 Å². The molecule has 0 radical (unpaired) electrons. The Balaban J connectivity index is 2.04. The van der Waals surface area contributed by atoms with Crippen LogP contribution >= 0.6 is 11.3 Å². The van der Waals surface area contributed by atoms with Crippen molar-refractivity contribution in [1.29, 1.82) is 0 Å². The number of carbonyl (C=O) groups is 2. The summed E-state index contributed by atoms with van der Waals surface area (Å²) in [6, 6.07) is 7.27. The Labute approximate surface area is 143 Å². The number of thiophene rings is 1. The van der Waals surface area contributed by atoms with Crippen LogP contribution in [0.4, 0.5) is 5.69 Å². The van der Waals surface area contributed by atoms with Crippen LogP contribution in [-0.4, -0.2) is 26.4 Å².